The number of aliphatic hydroxyl groups excluding tert-OH is 1. The van der Waals surface area contributed by atoms with Gasteiger partial charge in [0.05, 0.1) is 11.7 Å². The van der Waals surface area contributed by atoms with Gasteiger partial charge >= 0.3 is 5.97 Å². The van der Waals surface area contributed by atoms with Gasteiger partial charge in [-0.25, -0.2) is 4.79 Å². The molecule has 1 aromatic rings. The number of esters is 1. The van der Waals surface area contributed by atoms with Crippen molar-refractivity contribution in [2.75, 3.05) is 6.61 Å². The van der Waals surface area contributed by atoms with Gasteiger partial charge in [-0.2, -0.15) is 0 Å². The molecule has 0 aromatic heterocycles. The second-order valence-electron chi connectivity index (χ2n) is 4.33. The Morgan fingerprint density at radius 3 is 2.44 bits per heavy atom. The van der Waals surface area contributed by atoms with E-state index in [-0.39, 0.29) is 12.6 Å². The van der Waals surface area contributed by atoms with Gasteiger partial charge in [-0.1, -0.05) is 25.1 Å². The molecule has 0 spiro atoms. The molecule has 0 amide bonds. The fraction of sp³-hybridized carbons (Fsp3) is 0.400. The monoisotopic (exact) mass is 248 g/mol. The fourth-order valence-corrected chi connectivity index (χ4v) is 1.54. The summed E-state index contributed by atoms with van der Waals surface area (Å²) in [6, 6.07) is 8.88. The topological polar surface area (TPSA) is 46.5 Å². The van der Waals surface area contributed by atoms with Crippen molar-refractivity contribution in [1.29, 1.82) is 0 Å². The van der Waals surface area contributed by atoms with Gasteiger partial charge < -0.3 is 9.84 Å². The Kier molecular flexibility index (Phi) is 5.59. The van der Waals surface area contributed by atoms with Crippen LogP contribution < -0.4 is 0 Å². The molecule has 0 saturated carbocycles. The number of hydrogen-bond donors (Lipinski definition) is 1. The molecule has 1 rings (SSSR count). The minimum absolute atomic E-state index is 0.219. The van der Waals surface area contributed by atoms with E-state index in [1.54, 1.807) is 24.3 Å². The zero-order valence-electron chi connectivity index (χ0n) is 11.1. The van der Waals surface area contributed by atoms with Gasteiger partial charge in [0.1, 0.15) is 6.61 Å². The molecule has 98 valence electrons. The Morgan fingerprint density at radius 2 is 1.89 bits per heavy atom. The maximum absolute atomic E-state index is 11.7. The maximum atomic E-state index is 11.7. The van der Waals surface area contributed by atoms with Crippen molar-refractivity contribution in [1.82, 2.24) is 0 Å². The molecule has 0 bridgehead atoms. The summed E-state index contributed by atoms with van der Waals surface area (Å²) in [6.07, 6.45) is 0.205. The summed E-state index contributed by atoms with van der Waals surface area (Å²) in [6.45, 7) is 5.86. The lowest BCUT2D eigenvalue weighted by Gasteiger charge is -2.13. The molecule has 0 aliphatic carbocycles. The first-order chi connectivity index (χ1) is 8.56. The number of carbonyl (C=O) groups is 1. The van der Waals surface area contributed by atoms with Gasteiger partial charge in [0, 0.05) is 0 Å². The standard InChI is InChI=1S/C15H20O3/c1-4-14(16)12(3)11(2)10-18-15(17)13-8-6-5-7-9-13/h5-9,14,16H,4,10H2,1-3H3/b12-11+. The second-order valence-corrected chi connectivity index (χ2v) is 4.33. The van der Waals surface area contributed by atoms with Gasteiger partial charge in [0.15, 0.2) is 0 Å². The predicted molar refractivity (Wildman–Crippen MR) is 71.4 cm³/mol. The first-order valence-electron chi connectivity index (χ1n) is 6.12. The number of hydrogen-bond acceptors (Lipinski definition) is 3. The quantitative estimate of drug-likeness (QED) is 0.643. The van der Waals surface area contributed by atoms with Crippen molar-refractivity contribution in [3.63, 3.8) is 0 Å². The molecule has 3 heteroatoms. The van der Waals surface area contributed by atoms with E-state index in [4.69, 9.17) is 4.74 Å². The summed E-state index contributed by atoms with van der Waals surface area (Å²) in [4.78, 5) is 11.7. The van der Waals surface area contributed by atoms with Gasteiger partial charge in [-0.3, -0.25) is 0 Å². The van der Waals surface area contributed by atoms with E-state index in [9.17, 15) is 9.90 Å². The summed E-state index contributed by atoms with van der Waals surface area (Å²) in [7, 11) is 0. The smallest absolute Gasteiger partial charge is 0.338 e. The lowest BCUT2D eigenvalue weighted by molar-refractivity contribution is 0.0537. The molecule has 1 atom stereocenters. The molecule has 18 heavy (non-hydrogen) atoms. The Labute approximate surface area is 108 Å². The van der Waals surface area contributed by atoms with Crippen molar-refractivity contribution < 1.29 is 14.6 Å². The summed E-state index contributed by atoms with van der Waals surface area (Å²) < 4.78 is 5.20. The summed E-state index contributed by atoms with van der Waals surface area (Å²) in [5.74, 6) is -0.339. The van der Waals surface area contributed by atoms with Crippen LogP contribution in [0.1, 0.15) is 37.6 Å². The number of ether oxygens (including phenoxy) is 1. The summed E-state index contributed by atoms with van der Waals surface area (Å²) in [5.41, 5.74) is 2.31. The normalized spacial score (nSPS) is 13.8. The van der Waals surface area contributed by atoms with Crippen LogP contribution in [-0.2, 0) is 4.74 Å². The summed E-state index contributed by atoms with van der Waals surface area (Å²) in [5, 5.41) is 9.68. The van der Waals surface area contributed by atoms with Crippen molar-refractivity contribution in [2.24, 2.45) is 0 Å². The number of benzene rings is 1. The zero-order chi connectivity index (χ0) is 13.5. The zero-order valence-corrected chi connectivity index (χ0v) is 11.1. The van der Waals surface area contributed by atoms with E-state index in [2.05, 4.69) is 0 Å². The molecule has 1 aromatic carbocycles. The van der Waals surface area contributed by atoms with E-state index < -0.39 is 6.10 Å². The molecule has 0 radical (unpaired) electrons. The highest BCUT2D eigenvalue weighted by Gasteiger charge is 2.10. The molecule has 1 unspecified atom stereocenters. The second kappa shape index (κ2) is 6.97. The number of rotatable bonds is 5. The van der Waals surface area contributed by atoms with Crippen LogP contribution in [0.4, 0.5) is 0 Å². The van der Waals surface area contributed by atoms with E-state index in [1.165, 1.54) is 0 Å². The van der Waals surface area contributed by atoms with Crippen LogP contribution in [0.5, 0.6) is 0 Å². The predicted octanol–water partition coefficient (Wildman–Crippen LogP) is 2.95. The van der Waals surface area contributed by atoms with Gasteiger partial charge in [0.25, 0.3) is 0 Å². The lowest BCUT2D eigenvalue weighted by atomic mass is 10.0. The molecular formula is C15H20O3. The molecule has 0 saturated heterocycles. The molecular weight excluding hydrogens is 228 g/mol. The Hall–Kier alpha value is -1.61. The fourth-order valence-electron chi connectivity index (χ4n) is 1.54. The van der Waals surface area contributed by atoms with E-state index >= 15 is 0 Å². The Bertz CT molecular complexity index is 421. The van der Waals surface area contributed by atoms with E-state index in [0.29, 0.717) is 12.0 Å². The van der Waals surface area contributed by atoms with E-state index in [1.807, 2.05) is 26.8 Å². The highest BCUT2D eigenvalue weighted by Crippen LogP contribution is 2.12. The molecule has 1 N–H and O–H groups in total. The Morgan fingerprint density at radius 1 is 1.28 bits per heavy atom. The van der Waals surface area contributed by atoms with Crippen LogP contribution in [-0.4, -0.2) is 23.8 Å². The third-order valence-electron chi connectivity index (χ3n) is 2.99. The average molecular weight is 248 g/mol. The average Bonchev–Trinajstić information content (AvgIpc) is 2.43. The molecule has 0 aliphatic heterocycles. The van der Waals surface area contributed by atoms with Gasteiger partial charge in [0.2, 0.25) is 0 Å². The van der Waals surface area contributed by atoms with Gasteiger partial charge in [-0.15, -0.1) is 0 Å². The highest BCUT2D eigenvalue weighted by atomic mass is 16.5. The van der Waals surface area contributed by atoms with E-state index in [0.717, 1.165) is 11.1 Å². The summed E-state index contributed by atoms with van der Waals surface area (Å²) >= 11 is 0. The third kappa shape index (κ3) is 4.00. The number of carbonyl (C=O) groups excluding carboxylic acids is 1. The first kappa shape index (κ1) is 14.5. The third-order valence-corrected chi connectivity index (χ3v) is 2.99. The number of aliphatic hydroxyl groups is 1. The van der Waals surface area contributed by atoms with Gasteiger partial charge in [-0.05, 0) is 43.5 Å². The Balaban J connectivity index is 2.58. The van der Waals surface area contributed by atoms with Crippen LogP contribution in [0.3, 0.4) is 0 Å². The molecule has 0 fully saturated rings. The van der Waals surface area contributed by atoms with Crippen LogP contribution in [0, 0.1) is 0 Å². The first-order valence-corrected chi connectivity index (χ1v) is 6.12. The molecule has 3 nitrogen and oxygen atoms in total. The van der Waals surface area contributed by atoms with Crippen LogP contribution in [0.25, 0.3) is 0 Å². The molecule has 0 heterocycles. The highest BCUT2D eigenvalue weighted by molar-refractivity contribution is 5.89. The molecule has 0 aliphatic rings. The van der Waals surface area contributed by atoms with Crippen LogP contribution in [0.2, 0.25) is 0 Å². The van der Waals surface area contributed by atoms with Crippen molar-refractivity contribution >= 4 is 5.97 Å². The van der Waals surface area contributed by atoms with Crippen molar-refractivity contribution in [3.8, 4) is 0 Å². The SMILES string of the molecule is CCC(O)/C(C)=C(\C)COC(=O)c1ccccc1. The lowest BCUT2D eigenvalue weighted by Crippen LogP contribution is -2.12. The van der Waals surface area contributed by atoms with Crippen LogP contribution >= 0.6 is 0 Å². The maximum Gasteiger partial charge on any atom is 0.338 e. The largest absolute Gasteiger partial charge is 0.458 e. The van der Waals surface area contributed by atoms with Crippen molar-refractivity contribution in [3.05, 3.63) is 47.0 Å². The van der Waals surface area contributed by atoms with Crippen LogP contribution in [0.15, 0.2) is 41.5 Å². The minimum Gasteiger partial charge on any atom is -0.458 e. The minimum atomic E-state index is -0.458. The van der Waals surface area contributed by atoms with Crippen molar-refractivity contribution in [2.45, 2.75) is 33.3 Å².